The van der Waals surface area contributed by atoms with E-state index in [1.165, 1.54) is 50.3 Å². The third-order valence-electron chi connectivity index (χ3n) is 21.5. The summed E-state index contributed by atoms with van der Waals surface area (Å²) in [5.74, 6) is -1.52. The Hall–Kier alpha value is -8.04. The summed E-state index contributed by atoms with van der Waals surface area (Å²) in [6.07, 6.45) is 41.7. The predicted octanol–water partition coefficient (Wildman–Crippen LogP) is 19.3. The monoisotopic (exact) mass is 1450 g/mol. The molecule has 2 heterocycles. The second-order valence-corrected chi connectivity index (χ2v) is 32.3. The average molecular weight is 1450 g/mol. The van der Waals surface area contributed by atoms with Gasteiger partial charge < -0.3 is 14.9 Å². The third kappa shape index (κ3) is 15.3. The van der Waals surface area contributed by atoms with Crippen molar-refractivity contribution in [3.63, 3.8) is 0 Å². The number of hydrogen-bond donors (Lipinski definition) is 0. The predicted molar refractivity (Wildman–Crippen MR) is 426 cm³/mol. The van der Waals surface area contributed by atoms with Crippen molar-refractivity contribution >= 4 is 104 Å². The number of amides is 4. The molecule has 2 saturated carbocycles. The van der Waals surface area contributed by atoms with E-state index < -0.39 is 39.5 Å². The van der Waals surface area contributed by atoms with Crippen LogP contribution in [0.5, 0.6) is 0 Å². The Morgan fingerprint density at radius 1 is 0.350 bits per heavy atom. The van der Waals surface area contributed by atoms with Crippen LogP contribution in [0, 0.1) is 74.0 Å². The number of imide groups is 2. The molecule has 6 nitrogen and oxygen atoms in total. The van der Waals surface area contributed by atoms with Crippen molar-refractivity contribution < 1.29 is 38.7 Å². The van der Waals surface area contributed by atoms with Gasteiger partial charge in [0, 0.05) is 21.9 Å². The maximum Gasteiger partial charge on any atom is 3.00 e. The Kier molecular flexibility index (Phi) is 26.2. The van der Waals surface area contributed by atoms with Gasteiger partial charge in [-0.2, -0.15) is 0 Å². The standard InChI is InChI=1S/C82H82N2O4P2.C7H8.2CH3.Rh/c1-5-9-11-13-15-17-19-25-37-59-55-57(7-3)73-75(59)81(87)83(79(73)85)69-49-35-47-67-65(69)51-53-71(89(61-39-27-21-28-40-61)62-41-29-22-30-42-62)77(67)78-68-48-36-50-70(66(68)52-54-72(78)90(63-43-31-23-32-44-63)64-45-33-24-34-46-64)84-80(86)74-58(8-4)56-60(76(74)82(84)88)38-26-20-18-16-14-12-10-6-2;1-2-7-4-3-6(1)5-7;;;/h5-8,21-54,57-60,73-76H,1-4,9-20,55-56H2;1-4,6-7H,5H2;2*1H3;/q;;2*-1;+3/p+2/b37-25+,38-26+;;;;/t57-,58+,59+,60-,73-,74+,75+,76-;;;;. The molecule has 0 radical (unpaired) electrons. The molecule has 512 valence electrons. The molecular formula is C91H98N2O4P2Rh+3. The van der Waals surface area contributed by atoms with Crippen LogP contribution in [0.1, 0.15) is 96.3 Å². The van der Waals surface area contributed by atoms with Crippen LogP contribution in [0.3, 0.4) is 0 Å². The van der Waals surface area contributed by atoms with Gasteiger partial charge in [-0.25, -0.2) is 9.80 Å². The summed E-state index contributed by atoms with van der Waals surface area (Å²) in [4.78, 5) is 64.9. The zero-order valence-electron chi connectivity index (χ0n) is 58.3. The number of nitrogens with zero attached hydrogens (tertiary/aromatic N) is 2. The van der Waals surface area contributed by atoms with Crippen LogP contribution in [0.4, 0.5) is 11.4 Å². The number of fused-ring (bicyclic) bond motifs is 6. The number of unbranched alkanes of at least 4 members (excludes halogenated alkanes) is 10. The van der Waals surface area contributed by atoms with E-state index in [-0.39, 0.29) is 81.6 Å². The number of carbonyl (C=O) groups is 4. The maximum absolute atomic E-state index is 15.5. The molecule has 8 aromatic rings. The molecule has 14 rings (SSSR count). The summed E-state index contributed by atoms with van der Waals surface area (Å²) in [6, 6.07) is 64.4. The van der Waals surface area contributed by atoms with E-state index in [0.717, 1.165) is 119 Å². The molecule has 6 aliphatic rings. The van der Waals surface area contributed by atoms with Gasteiger partial charge in [0.05, 0.1) is 50.9 Å². The molecule has 0 N–H and O–H groups in total. The first-order chi connectivity index (χ1) is 47.7. The molecule has 2 bridgehead atoms. The molecule has 100 heavy (non-hydrogen) atoms. The third-order valence-corrected chi connectivity index (χ3v) is 27.1. The first-order valence-corrected chi connectivity index (χ1v) is 38.7. The fraction of sp³-hybridized carbons (Fsp3) is 0.275. The summed E-state index contributed by atoms with van der Waals surface area (Å²) in [5, 5.41) is 10.5. The minimum atomic E-state index is -1.86. The quantitative estimate of drug-likeness (QED) is 0.0128. The molecule has 0 spiro atoms. The van der Waals surface area contributed by atoms with Crippen molar-refractivity contribution in [2.24, 2.45) is 59.2 Å². The van der Waals surface area contributed by atoms with Crippen molar-refractivity contribution in [3.05, 3.63) is 296 Å². The second-order valence-electron chi connectivity index (χ2n) is 27.4. The van der Waals surface area contributed by atoms with Gasteiger partial charge in [0.2, 0.25) is 23.6 Å². The Bertz CT molecular complexity index is 3970. The average Bonchev–Trinajstić information content (AvgIpc) is 1.24. The smallest absolute Gasteiger partial charge is 0.358 e. The summed E-state index contributed by atoms with van der Waals surface area (Å²) in [7, 11) is -3.73. The van der Waals surface area contributed by atoms with Crippen molar-refractivity contribution in [2.45, 2.75) is 96.3 Å². The summed E-state index contributed by atoms with van der Waals surface area (Å²) >= 11 is 0. The van der Waals surface area contributed by atoms with Crippen LogP contribution >= 0.6 is 15.8 Å². The first-order valence-electron chi connectivity index (χ1n) is 35.7. The van der Waals surface area contributed by atoms with Crippen molar-refractivity contribution in [1.82, 2.24) is 0 Å². The summed E-state index contributed by atoms with van der Waals surface area (Å²) < 4.78 is 0. The minimum absolute atomic E-state index is 0. The van der Waals surface area contributed by atoms with E-state index in [9.17, 15) is 0 Å². The van der Waals surface area contributed by atoms with E-state index in [1.807, 2.05) is 48.6 Å². The number of carbonyl (C=O) groups excluding carboxylic acids is 4. The SMILES string of the molecule is C1=CC2C=CC1C2.C=CCCCCCC/C=C/[C@@H]1C[C@H](C=C)[C@@H]2C(=O)N(c3cccc4c(-c5c([PH+](c6ccccc6)c6ccccc6)ccc6c(N7C(=O)[C@@H]8[C@H](C7=O)[C@H](C=C)C[C@@H]8/C=C/CCCCCCC=C)cccc56)c([PH+](c5ccccc5)c5ccccc5)ccc34)C(=O)[C@@H]21.[CH3-].[CH3-].[Rh+3]. The molecule has 4 amide bonds. The van der Waals surface area contributed by atoms with Crippen molar-refractivity contribution in [2.75, 3.05) is 9.80 Å². The first kappa shape index (κ1) is 74.6. The van der Waals surface area contributed by atoms with Gasteiger partial charge in [0.15, 0.2) is 0 Å². The van der Waals surface area contributed by atoms with Crippen LogP contribution in [0.15, 0.2) is 281 Å². The molecular weight excluding hydrogens is 1350 g/mol. The molecule has 2 aliphatic heterocycles. The van der Waals surface area contributed by atoms with Crippen LogP contribution in [0.2, 0.25) is 0 Å². The fourth-order valence-corrected chi connectivity index (χ4v) is 22.4. The molecule has 0 aromatic heterocycles. The molecule has 4 fully saturated rings. The molecule has 9 heteroatoms. The van der Waals surface area contributed by atoms with Gasteiger partial charge in [-0.1, -0.05) is 196 Å². The Labute approximate surface area is 611 Å². The Morgan fingerprint density at radius 2 is 0.670 bits per heavy atom. The molecule has 2 saturated heterocycles. The van der Waals surface area contributed by atoms with Crippen LogP contribution in [-0.4, -0.2) is 23.6 Å². The Morgan fingerprint density at radius 3 is 0.970 bits per heavy atom. The Balaban J connectivity index is 0.00000101. The topological polar surface area (TPSA) is 74.8 Å². The number of allylic oxidation sites excluding steroid dienone is 12. The van der Waals surface area contributed by atoms with Crippen molar-refractivity contribution in [1.29, 1.82) is 0 Å². The van der Waals surface area contributed by atoms with E-state index in [2.05, 4.69) is 233 Å². The summed E-state index contributed by atoms with van der Waals surface area (Å²) in [6.45, 7) is 16.2. The molecule has 0 unspecified atom stereocenters. The fourth-order valence-electron chi connectivity index (χ4n) is 16.9. The van der Waals surface area contributed by atoms with E-state index in [1.54, 1.807) is 0 Å². The van der Waals surface area contributed by atoms with E-state index >= 15 is 19.2 Å². The van der Waals surface area contributed by atoms with Gasteiger partial charge >= 0.3 is 19.5 Å². The van der Waals surface area contributed by atoms with Gasteiger partial charge in [0.1, 0.15) is 31.8 Å². The van der Waals surface area contributed by atoms with Crippen LogP contribution in [0.25, 0.3) is 32.7 Å². The normalized spacial score (nSPS) is 22.3. The van der Waals surface area contributed by atoms with Gasteiger partial charge in [0.25, 0.3) is 0 Å². The summed E-state index contributed by atoms with van der Waals surface area (Å²) in [5.41, 5.74) is 3.16. The molecule has 8 aromatic carbocycles. The maximum atomic E-state index is 15.5. The van der Waals surface area contributed by atoms with Crippen LogP contribution < -0.4 is 41.6 Å². The number of hydrogen-bond acceptors (Lipinski definition) is 4. The number of anilines is 2. The zero-order chi connectivity index (χ0) is 66.8. The number of benzene rings is 8. The van der Waals surface area contributed by atoms with Gasteiger partial charge in [-0.15, -0.1) is 26.3 Å². The molecule has 8 atom stereocenters. The van der Waals surface area contributed by atoms with Crippen molar-refractivity contribution in [3.8, 4) is 11.1 Å². The molecule has 4 aliphatic carbocycles. The second kappa shape index (κ2) is 35.0. The minimum Gasteiger partial charge on any atom is -0.358 e. The van der Waals surface area contributed by atoms with E-state index in [4.69, 9.17) is 0 Å². The van der Waals surface area contributed by atoms with E-state index in [0.29, 0.717) is 24.2 Å². The van der Waals surface area contributed by atoms with Gasteiger partial charge in [-0.05, 0) is 202 Å². The van der Waals surface area contributed by atoms with Gasteiger partial charge in [-0.3, -0.25) is 19.2 Å². The number of rotatable bonds is 27. The zero-order valence-corrected chi connectivity index (χ0v) is 62.0. The largest absolute Gasteiger partial charge is 3.00 e. The van der Waals surface area contributed by atoms with Crippen LogP contribution in [-0.2, 0) is 38.7 Å².